The van der Waals surface area contributed by atoms with Crippen LogP contribution in [0.4, 0.5) is 0 Å². The molecule has 1 aromatic rings. The van der Waals surface area contributed by atoms with Gasteiger partial charge in [0.15, 0.2) is 0 Å². The minimum atomic E-state index is -0.934. The summed E-state index contributed by atoms with van der Waals surface area (Å²) in [5, 5.41) is -0.934. The first-order valence-electron chi connectivity index (χ1n) is 4.40. The highest BCUT2D eigenvalue weighted by molar-refractivity contribution is 6.83. The summed E-state index contributed by atoms with van der Waals surface area (Å²) < 4.78 is 0. The summed E-state index contributed by atoms with van der Waals surface area (Å²) in [6, 6.07) is 5.17. The highest BCUT2D eigenvalue weighted by Crippen LogP contribution is 2.13. The summed E-state index contributed by atoms with van der Waals surface area (Å²) in [4.78, 5) is 21.9. The molecule has 0 spiro atoms. The lowest BCUT2D eigenvalue weighted by atomic mass is 10.0. The first-order valence-corrected chi connectivity index (χ1v) is 4.77. The first kappa shape index (κ1) is 10.9. The van der Waals surface area contributed by atoms with Crippen molar-refractivity contribution >= 4 is 22.6 Å². The van der Waals surface area contributed by atoms with Gasteiger partial charge in [-0.3, -0.25) is 9.59 Å². The SMILES string of the molecule is CCc1cc(C(=O)C(=O)Cl)ccc1C. The van der Waals surface area contributed by atoms with Crippen LogP contribution in [0, 0.1) is 6.92 Å². The van der Waals surface area contributed by atoms with Gasteiger partial charge >= 0.3 is 0 Å². The molecule has 0 bridgehead atoms. The average Bonchev–Trinajstić information content (AvgIpc) is 2.17. The van der Waals surface area contributed by atoms with E-state index < -0.39 is 11.0 Å². The van der Waals surface area contributed by atoms with Gasteiger partial charge in [-0.05, 0) is 42.1 Å². The van der Waals surface area contributed by atoms with Gasteiger partial charge in [-0.25, -0.2) is 0 Å². The standard InChI is InChI=1S/C11H11ClO2/c1-3-8-6-9(5-4-7(8)2)10(13)11(12)14/h4-6H,3H2,1-2H3. The van der Waals surface area contributed by atoms with Crippen molar-refractivity contribution in [2.75, 3.05) is 0 Å². The lowest BCUT2D eigenvalue weighted by molar-refractivity contribution is -0.108. The van der Waals surface area contributed by atoms with Gasteiger partial charge in [0.05, 0.1) is 0 Å². The van der Waals surface area contributed by atoms with Crippen molar-refractivity contribution in [1.29, 1.82) is 0 Å². The molecule has 0 saturated heterocycles. The number of carbonyl (C=O) groups excluding carboxylic acids is 2. The molecule has 74 valence electrons. The van der Waals surface area contributed by atoms with E-state index in [0.29, 0.717) is 5.56 Å². The summed E-state index contributed by atoms with van der Waals surface area (Å²) in [7, 11) is 0. The number of hydrogen-bond donors (Lipinski definition) is 0. The monoisotopic (exact) mass is 210 g/mol. The van der Waals surface area contributed by atoms with Crippen LogP contribution in [0.25, 0.3) is 0 Å². The van der Waals surface area contributed by atoms with E-state index in [4.69, 9.17) is 11.6 Å². The quantitative estimate of drug-likeness (QED) is 0.437. The van der Waals surface area contributed by atoms with E-state index in [2.05, 4.69) is 0 Å². The fraction of sp³-hybridized carbons (Fsp3) is 0.273. The Morgan fingerprint density at radius 2 is 2.00 bits per heavy atom. The van der Waals surface area contributed by atoms with Crippen molar-refractivity contribution in [1.82, 2.24) is 0 Å². The number of benzene rings is 1. The van der Waals surface area contributed by atoms with Gasteiger partial charge in [0.2, 0.25) is 5.78 Å². The number of ketones is 1. The lowest BCUT2D eigenvalue weighted by Gasteiger charge is -2.04. The van der Waals surface area contributed by atoms with E-state index in [0.717, 1.165) is 17.5 Å². The average molecular weight is 211 g/mol. The number of carbonyl (C=O) groups is 2. The zero-order valence-electron chi connectivity index (χ0n) is 8.13. The Hall–Kier alpha value is -1.15. The van der Waals surface area contributed by atoms with E-state index >= 15 is 0 Å². The highest BCUT2D eigenvalue weighted by atomic mass is 35.5. The Labute approximate surface area is 87.9 Å². The number of aryl methyl sites for hydroxylation is 2. The molecule has 0 aliphatic heterocycles. The third kappa shape index (κ3) is 2.20. The Morgan fingerprint density at radius 1 is 1.36 bits per heavy atom. The predicted octanol–water partition coefficient (Wildman–Crippen LogP) is 2.51. The fourth-order valence-electron chi connectivity index (χ4n) is 1.31. The third-order valence-electron chi connectivity index (χ3n) is 2.17. The minimum absolute atomic E-state index is 0.368. The van der Waals surface area contributed by atoms with Crippen molar-refractivity contribution in [2.45, 2.75) is 20.3 Å². The second-order valence-corrected chi connectivity index (χ2v) is 3.44. The molecule has 1 aromatic carbocycles. The van der Waals surface area contributed by atoms with E-state index in [1.54, 1.807) is 12.1 Å². The summed E-state index contributed by atoms with van der Waals surface area (Å²) in [6.07, 6.45) is 0.837. The normalized spacial score (nSPS) is 9.93. The Kier molecular flexibility index (Phi) is 3.42. The topological polar surface area (TPSA) is 34.1 Å². The molecule has 0 saturated carbocycles. The van der Waals surface area contributed by atoms with Gasteiger partial charge in [-0.2, -0.15) is 0 Å². The maximum Gasteiger partial charge on any atom is 0.293 e. The van der Waals surface area contributed by atoms with Crippen molar-refractivity contribution < 1.29 is 9.59 Å². The molecule has 1 rings (SSSR count). The number of halogens is 1. The molecule has 14 heavy (non-hydrogen) atoms. The van der Waals surface area contributed by atoms with Crippen LogP contribution in [-0.4, -0.2) is 11.0 Å². The third-order valence-corrected chi connectivity index (χ3v) is 2.34. The molecule has 0 radical (unpaired) electrons. The summed E-state index contributed by atoms with van der Waals surface area (Å²) in [6.45, 7) is 3.97. The number of hydrogen-bond acceptors (Lipinski definition) is 2. The molecule has 0 unspecified atom stereocenters. The molecule has 0 aliphatic rings. The van der Waals surface area contributed by atoms with Crippen LogP contribution < -0.4 is 0 Å². The minimum Gasteiger partial charge on any atom is -0.284 e. The molecule has 0 fully saturated rings. The van der Waals surface area contributed by atoms with Crippen LogP contribution in [0.5, 0.6) is 0 Å². The Morgan fingerprint density at radius 3 is 2.50 bits per heavy atom. The molecular formula is C11H11ClO2. The molecule has 0 heterocycles. The van der Waals surface area contributed by atoms with Crippen LogP contribution in [0.3, 0.4) is 0 Å². The Balaban J connectivity index is 3.12. The van der Waals surface area contributed by atoms with Crippen LogP contribution in [0.2, 0.25) is 0 Å². The fourth-order valence-corrected chi connectivity index (χ4v) is 1.42. The molecular weight excluding hydrogens is 200 g/mol. The lowest BCUT2D eigenvalue weighted by Crippen LogP contribution is -2.08. The zero-order valence-corrected chi connectivity index (χ0v) is 8.89. The first-order chi connectivity index (χ1) is 6.56. The highest BCUT2D eigenvalue weighted by Gasteiger charge is 2.13. The van der Waals surface area contributed by atoms with Crippen LogP contribution in [-0.2, 0) is 11.2 Å². The second-order valence-electron chi connectivity index (χ2n) is 3.10. The van der Waals surface area contributed by atoms with Gasteiger partial charge in [0.25, 0.3) is 5.24 Å². The van der Waals surface area contributed by atoms with E-state index in [9.17, 15) is 9.59 Å². The maximum absolute atomic E-state index is 11.2. The number of Topliss-reactive ketones (excluding diaryl/α,β-unsaturated/α-hetero) is 1. The summed E-state index contributed by atoms with van der Waals surface area (Å²) in [5.41, 5.74) is 2.55. The van der Waals surface area contributed by atoms with E-state index in [-0.39, 0.29) is 0 Å². The second kappa shape index (κ2) is 4.38. The molecule has 0 aromatic heterocycles. The Bertz CT molecular complexity index is 383. The van der Waals surface area contributed by atoms with Gasteiger partial charge < -0.3 is 0 Å². The summed E-state index contributed by atoms with van der Waals surface area (Å²) in [5.74, 6) is -0.638. The summed E-state index contributed by atoms with van der Waals surface area (Å²) >= 11 is 5.11. The van der Waals surface area contributed by atoms with E-state index in [1.165, 1.54) is 0 Å². The van der Waals surface area contributed by atoms with Gasteiger partial charge in [0.1, 0.15) is 0 Å². The zero-order chi connectivity index (χ0) is 10.7. The predicted molar refractivity (Wildman–Crippen MR) is 55.7 cm³/mol. The molecule has 3 heteroatoms. The van der Waals surface area contributed by atoms with Crippen LogP contribution in [0.15, 0.2) is 18.2 Å². The van der Waals surface area contributed by atoms with Crippen molar-refractivity contribution in [3.05, 3.63) is 34.9 Å². The number of rotatable bonds is 3. The van der Waals surface area contributed by atoms with Gasteiger partial charge in [-0.15, -0.1) is 0 Å². The molecule has 0 N–H and O–H groups in total. The maximum atomic E-state index is 11.2. The van der Waals surface area contributed by atoms with Crippen molar-refractivity contribution in [3.63, 3.8) is 0 Å². The van der Waals surface area contributed by atoms with Crippen LogP contribution in [0.1, 0.15) is 28.4 Å². The molecule has 0 amide bonds. The molecule has 0 aliphatic carbocycles. The van der Waals surface area contributed by atoms with E-state index in [1.807, 2.05) is 19.9 Å². The van der Waals surface area contributed by atoms with Gasteiger partial charge in [0, 0.05) is 5.56 Å². The largest absolute Gasteiger partial charge is 0.293 e. The molecule has 0 atom stereocenters. The molecule has 2 nitrogen and oxygen atoms in total. The van der Waals surface area contributed by atoms with Crippen molar-refractivity contribution in [2.24, 2.45) is 0 Å². The van der Waals surface area contributed by atoms with Gasteiger partial charge in [-0.1, -0.05) is 19.1 Å². The van der Waals surface area contributed by atoms with Crippen molar-refractivity contribution in [3.8, 4) is 0 Å². The smallest absolute Gasteiger partial charge is 0.284 e. The van der Waals surface area contributed by atoms with Crippen LogP contribution >= 0.6 is 11.6 Å².